The first-order valence-electron chi connectivity index (χ1n) is 11.2. The van der Waals surface area contributed by atoms with Crippen molar-refractivity contribution in [3.05, 3.63) is 59.7 Å². The summed E-state index contributed by atoms with van der Waals surface area (Å²) >= 11 is 0. The molecule has 2 aromatic carbocycles. The number of hydrogen-bond donors (Lipinski definition) is 1. The molecule has 7 nitrogen and oxygen atoms in total. The fourth-order valence-electron chi connectivity index (χ4n) is 4.71. The molecular formula is C26H29NO6. The van der Waals surface area contributed by atoms with Crippen molar-refractivity contribution >= 4 is 18.0 Å². The van der Waals surface area contributed by atoms with E-state index in [0.29, 0.717) is 0 Å². The Morgan fingerprint density at radius 1 is 0.970 bits per heavy atom. The van der Waals surface area contributed by atoms with Gasteiger partial charge in [-0.25, -0.2) is 4.79 Å². The summed E-state index contributed by atoms with van der Waals surface area (Å²) in [5, 5.41) is 9.69. The zero-order valence-electron chi connectivity index (χ0n) is 19.1. The van der Waals surface area contributed by atoms with E-state index in [-0.39, 0.29) is 32.0 Å². The van der Waals surface area contributed by atoms with Gasteiger partial charge >= 0.3 is 18.0 Å². The van der Waals surface area contributed by atoms with Gasteiger partial charge in [-0.15, -0.1) is 0 Å². The zero-order valence-corrected chi connectivity index (χ0v) is 19.1. The third-order valence-electron chi connectivity index (χ3n) is 6.23. The Morgan fingerprint density at radius 2 is 1.55 bits per heavy atom. The van der Waals surface area contributed by atoms with Crippen molar-refractivity contribution in [2.75, 3.05) is 19.7 Å². The lowest BCUT2D eigenvalue weighted by molar-refractivity contribution is -0.169. The quantitative estimate of drug-likeness (QED) is 0.697. The maximum Gasteiger partial charge on any atom is 0.409 e. The number of hydrogen-bond acceptors (Lipinski definition) is 5. The van der Waals surface area contributed by atoms with Crippen molar-refractivity contribution in [1.29, 1.82) is 0 Å². The average Bonchev–Trinajstić information content (AvgIpc) is 3.09. The van der Waals surface area contributed by atoms with Crippen molar-refractivity contribution in [2.24, 2.45) is 11.8 Å². The highest BCUT2D eigenvalue weighted by atomic mass is 16.6. The number of fused-ring (bicyclic) bond motifs is 3. The molecular weight excluding hydrogens is 422 g/mol. The van der Waals surface area contributed by atoms with Crippen molar-refractivity contribution in [2.45, 2.75) is 38.7 Å². The number of benzene rings is 2. The number of carbonyl (C=O) groups is 3. The van der Waals surface area contributed by atoms with Crippen LogP contribution in [-0.2, 0) is 19.1 Å². The van der Waals surface area contributed by atoms with Gasteiger partial charge in [-0.05, 0) is 49.4 Å². The highest BCUT2D eigenvalue weighted by Gasteiger charge is 2.42. The third-order valence-corrected chi connectivity index (χ3v) is 6.23. The predicted molar refractivity (Wildman–Crippen MR) is 122 cm³/mol. The molecule has 1 heterocycles. The van der Waals surface area contributed by atoms with Crippen LogP contribution in [0.25, 0.3) is 11.1 Å². The first-order valence-corrected chi connectivity index (χ1v) is 11.2. The van der Waals surface area contributed by atoms with Gasteiger partial charge in [-0.3, -0.25) is 9.59 Å². The third kappa shape index (κ3) is 4.72. The summed E-state index contributed by atoms with van der Waals surface area (Å²) in [6.45, 7) is 5.54. The van der Waals surface area contributed by atoms with Crippen LogP contribution in [0.15, 0.2) is 48.5 Å². The van der Waals surface area contributed by atoms with Gasteiger partial charge in [0.05, 0.1) is 11.8 Å². The lowest BCUT2D eigenvalue weighted by Gasteiger charge is -2.36. The number of likely N-dealkylation sites (tertiary alicyclic amines) is 1. The van der Waals surface area contributed by atoms with Gasteiger partial charge in [0, 0.05) is 19.0 Å². The highest BCUT2D eigenvalue weighted by molar-refractivity contribution is 5.83. The van der Waals surface area contributed by atoms with Crippen LogP contribution in [0.5, 0.6) is 0 Å². The van der Waals surface area contributed by atoms with E-state index >= 15 is 0 Å². The number of piperidine rings is 1. The van der Waals surface area contributed by atoms with Crippen LogP contribution in [-0.4, -0.2) is 53.3 Å². The maximum atomic E-state index is 12.8. The van der Waals surface area contributed by atoms with Gasteiger partial charge in [0.25, 0.3) is 0 Å². The predicted octanol–water partition coefficient (Wildman–Crippen LogP) is 4.30. The molecule has 1 fully saturated rings. The number of rotatable bonds is 4. The van der Waals surface area contributed by atoms with Gasteiger partial charge in [-0.1, -0.05) is 48.5 Å². The zero-order chi connectivity index (χ0) is 23.8. The molecule has 1 N–H and O–H groups in total. The second-order valence-corrected chi connectivity index (χ2v) is 9.62. The molecule has 2 aromatic rings. The molecule has 0 aromatic heterocycles. The number of esters is 1. The summed E-state index contributed by atoms with van der Waals surface area (Å²) in [5.74, 6) is -3.56. The summed E-state index contributed by atoms with van der Waals surface area (Å²) in [5.41, 5.74) is 3.79. The normalized spacial score (nSPS) is 20.0. The first kappa shape index (κ1) is 22.8. The molecule has 1 aliphatic carbocycles. The Hall–Kier alpha value is -3.35. The smallest absolute Gasteiger partial charge is 0.409 e. The standard InChI is InChI=1S/C26H29NO6/c1-26(2,3)33-24(30)20-12-13-27(14-21(20)23(28)29)25(31)32-15-22-18-10-6-4-8-16(18)17-9-5-7-11-19(17)22/h4-11,20-22H,12-15H2,1-3H3,(H,28,29). The first-order chi connectivity index (χ1) is 15.7. The average molecular weight is 452 g/mol. The molecule has 7 heteroatoms. The number of nitrogens with zero attached hydrogens (tertiary/aromatic N) is 1. The summed E-state index contributed by atoms with van der Waals surface area (Å²) < 4.78 is 11.1. The molecule has 174 valence electrons. The number of carbonyl (C=O) groups excluding carboxylic acids is 2. The molecule has 0 radical (unpaired) electrons. The van der Waals surface area contributed by atoms with Crippen LogP contribution < -0.4 is 0 Å². The topological polar surface area (TPSA) is 93.1 Å². The van der Waals surface area contributed by atoms with Gasteiger partial charge < -0.3 is 19.5 Å². The fourth-order valence-corrected chi connectivity index (χ4v) is 4.71. The number of aliphatic carboxylic acids is 1. The summed E-state index contributed by atoms with van der Waals surface area (Å²) in [6, 6.07) is 16.1. The van der Waals surface area contributed by atoms with Crippen molar-refractivity contribution < 1.29 is 29.0 Å². The van der Waals surface area contributed by atoms with Gasteiger partial charge in [0.2, 0.25) is 0 Å². The largest absolute Gasteiger partial charge is 0.481 e. The molecule has 33 heavy (non-hydrogen) atoms. The van der Waals surface area contributed by atoms with Crippen molar-refractivity contribution in [1.82, 2.24) is 4.90 Å². The fraction of sp³-hybridized carbons (Fsp3) is 0.423. The number of carboxylic acids is 1. The van der Waals surface area contributed by atoms with Crippen molar-refractivity contribution in [3.8, 4) is 11.1 Å². The summed E-state index contributed by atoms with van der Waals surface area (Å²) in [6.07, 6.45) is -0.346. The van der Waals surface area contributed by atoms with E-state index in [1.807, 2.05) is 36.4 Å². The van der Waals surface area contributed by atoms with Crippen LogP contribution >= 0.6 is 0 Å². The van der Waals surface area contributed by atoms with Crippen LogP contribution in [0.3, 0.4) is 0 Å². The maximum absolute atomic E-state index is 12.8. The minimum absolute atomic E-state index is 0.0732. The summed E-state index contributed by atoms with van der Waals surface area (Å²) in [7, 11) is 0. The van der Waals surface area contributed by atoms with E-state index < -0.39 is 35.5 Å². The number of amides is 1. The minimum Gasteiger partial charge on any atom is -0.481 e. The van der Waals surface area contributed by atoms with Crippen LogP contribution in [0.4, 0.5) is 4.79 Å². The molecule has 0 bridgehead atoms. The molecule has 0 spiro atoms. The number of carboxylic acid groups (broad SMARTS) is 1. The molecule has 2 unspecified atom stereocenters. The van der Waals surface area contributed by atoms with Crippen LogP contribution in [0.1, 0.15) is 44.2 Å². The van der Waals surface area contributed by atoms with Gasteiger partial charge in [0.1, 0.15) is 12.2 Å². The second-order valence-electron chi connectivity index (χ2n) is 9.62. The monoisotopic (exact) mass is 451 g/mol. The Labute approximate surface area is 193 Å². The van der Waals surface area contributed by atoms with Crippen molar-refractivity contribution in [3.63, 3.8) is 0 Å². The van der Waals surface area contributed by atoms with E-state index in [2.05, 4.69) is 12.1 Å². The molecule has 1 aliphatic heterocycles. The van der Waals surface area contributed by atoms with E-state index in [1.54, 1.807) is 20.8 Å². The van der Waals surface area contributed by atoms with Gasteiger partial charge in [0.15, 0.2) is 0 Å². The lowest BCUT2D eigenvalue weighted by Crippen LogP contribution is -2.50. The second kappa shape index (κ2) is 8.89. The van der Waals surface area contributed by atoms with E-state index in [9.17, 15) is 19.5 Å². The molecule has 2 aliphatic rings. The van der Waals surface area contributed by atoms with E-state index in [0.717, 1.165) is 22.3 Å². The minimum atomic E-state index is -1.12. The van der Waals surface area contributed by atoms with Gasteiger partial charge in [-0.2, -0.15) is 0 Å². The molecule has 2 atom stereocenters. The van der Waals surface area contributed by atoms with E-state index in [1.165, 1.54) is 4.90 Å². The molecule has 0 saturated carbocycles. The Bertz CT molecular complexity index is 1030. The van der Waals surface area contributed by atoms with Crippen LogP contribution in [0, 0.1) is 11.8 Å². The number of ether oxygens (including phenoxy) is 2. The van der Waals surface area contributed by atoms with Crippen LogP contribution in [0.2, 0.25) is 0 Å². The Kier molecular flexibility index (Phi) is 6.15. The summed E-state index contributed by atoms with van der Waals surface area (Å²) in [4.78, 5) is 38.6. The van der Waals surface area contributed by atoms with E-state index in [4.69, 9.17) is 9.47 Å². The SMILES string of the molecule is CC(C)(C)OC(=O)C1CCN(C(=O)OCC2c3ccccc3-c3ccccc32)CC1C(=O)O. The molecule has 1 amide bonds. The highest BCUT2D eigenvalue weighted by Crippen LogP contribution is 2.44. The molecule has 1 saturated heterocycles. The molecule has 4 rings (SSSR count). The Morgan fingerprint density at radius 3 is 2.09 bits per heavy atom. The Balaban J connectivity index is 1.43. The lowest BCUT2D eigenvalue weighted by atomic mass is 9.85.